The van der Waals surface area contributed by atoms with Gasteiger partial charge in [0.15, 0.2) is 0 Å². The number of aromatic nitrogens is 1. The van der Waals surface area contributed by atoms with Crippen LogP contribution in [-0.2, 0) is 0 Å². The number of fused-ring (bicyclic) bond motifs is 1. The number of benzene rings is 2. The maximum atomic E-state index is 13.2. The number of carbonyl (C=O) groups excluding carboxylic acids is 2. The van der Waals surface area contributed by atoms with Crippen LogP contribution in [0.2, 0.25) is 5.02 Å². The minimum Gasteiger partial charge on any atom is -0.314 e. The van der Waals surface area contributed by atoms with E-state index >= 15 is 0 Å². The van der Waals surface area contributed by atoms with Gasteiger partial charge >= 0.3 is 6.03 Å². The Hall–Kier alpha value is -3.68. The molecule has 2 aromatic carbocycles. The van der Waals surface area contributed by atoms with Gasteiger partial charge in [-0.3, -0.25) is 19.6 Å². The van der Waals surface area contributed by atoms with Crippen LogP contribution < -0.4 is 10.2 Å². The summed E-state index contributed by atoms with van der Waals surface area (Å²) in [7, 11) is 0. The first-order valence-electron chi connectivity index (χ1n) is 12.9. The first-order chi connectivity index (χ1) is 18.4. The number of likely N-dealkylation sites (tertiary alicyclic amines) is 1. The molecule has 196 valence electrons. The van der Waals surface area contributed by atoms with Crippen LogP contribution in [0.3, 0.4) is 0 Å². The van der Waals surface area contributed by atoms with Gasteiger partial charge in [0, 0.05) is 67.4 Å². The van der Waals surface area contributed by atoms with Crippen molar-refractivity contribution in [2.45, 2.75) is 20.3 Å². The predicted octanol–water partition coefficient (Wildman–Crippen LogP) is 5.75. The molecule has 1 saturated heterocycles. The third kappa shape index (κ3) is 5.74. The summed E-state index contributed by atoms with van der Waals surface area (Å²) in [5.41, 5.74) is 5.31. The van der Waals surface area contributed by atoms with E-state index in [1.165, 1.54) is 5.57 Å². The summed E-state index contributed by atoms with van der Waals surface area (Å²) in [6.45, 7) is 7.79. The van der Waals surface area contributed by atoms with Crippen LogP contribution >= 0.6 is 11.6 Å². The average molecular weight is 530 g/mol. The lowest BCUT2D eigenvalue weighted by Crippen LogP contribution is -2.37. The Labute approximate surface area is 228 Å². The van der Waals surface area contributed by atoms with Crippen molar-refractivity contribution in [3.05, 3.63) is 100 Å². The van der Waals surface area contributed by atoms with Crippen LogP contribution in [0.25, 0.3) is 0 Å². The van der Waals surface area contributed by atoms with Crippen molar-refractivity contribution < 1.29 is 9.59 Å². The Morgan fingerprint density at radius 1 is 1.05 bits per heavy atom. The van der Waals surface area contributed by atoms with Crippen LogP contribution in [0.15, 0.2) is 78.6 Å². The summed E-state index contributed by atoms with van der Waals surface area (Å²) in [5.74, 6) is 0.390. The van der Waals surface area contributed by atoms with Crippen molar-refractivity contribution in [2.75, 3.05) is 42.9 Å². The zero-order valence-corrected chi connectivity index (χ0v) is 22.5. The van der Waals surface area contributed by atoms with E-state index in [-0.39, 0.29) is 11.9 Å². The molecule has 3 amide bonds. The van der Waals surface area contributed by atoms with E-state index in [0.29, 0.717) is 35.3 Å². The van der Waals surface area contributed by atoms with E-state index in [4.69, 9.17) is 11.6 Å². The second-order valence-electron chi connectivity index (χ2n) is 9.96. The molecule has 0 bridgehead atoms. The monoisotopic (exact) mass is 529 g/mol. The van der Waals surface area contributed by atoms with Gasteiger partial charge in [-0.1, -0.05) is 29.8 Å². The largest absolute Gasteiger partial charge is 0.326 e. The summed E-state index contributed by atoms with van der Waals surface area (Å²) in [6, 6.07) is 18.5. The van der Waals surface area contributed by atoms with Gasteiger partial charge in [-0.15, -0.1) is 0 Å². The Balaban J connectivity index is 1.18. The Bertz CT molecular complexity index is 1320. The van der Waals surface area contributed by atoms with Gasteiger partial charge in [0.2, 0.25) is 0 Å². The molecule has 2 aliphatic rings. The fraction of sp³-hybridized carbons (Fsp3) is 0.300. The van der Waals surface area contributed by atoms with E-state index in [9.17, 15) is 9.59 Å². The number of rotatable bonds is 7. The minimum absolute atomic E-state index is 0.0340. The lowest BCUT2D eigenvalue weighted by Gasteiger charge is -2.25. The predicted molar refractivity (Wildman–Crippen MR) is 152 cm³/mol. The number of halogens is 1. The molecule has 1 fully saturated rings. The first-order valence-corrected chi connectivity index (χ1v) is 13.3. The van der Waals surface area contributed by atoms with E-state index in [2.05, 4.69) is 15.2 Å². The number of amides is 3. The van der Waals surface area contributed by atoms with Crippen molar-refractivity contribution in [1.29, 1.82) is 0 Å². The summed E-state index contributed by atoms with van der Waals surface area (Å²) >= 11 is 5.98. The third-order valence-corrected chi connectivity index (χ3v) is 7.49. The molecule has 8 heteroatoms. The standard InChI is InChI=1S/C30H32ClN5O2/c1-21-13-14-32-22(2)28(21)29(37)35-19-23-17-34(18-24(23)20-35)15-6-16-36(27-7-4-3-5-8-27)30(38)33-26-11-9-25(31)10-12-26/h3-5,7-14,19,24H,6,15-18,20H2,1-2H3,(H,33,38). The minimum atomic E-state index is -0.172. The molecule has 38 heavy (non-hydrogen) atoms. The number of carbonyl (C=O) groups is 2. The summed E-state index contributed by atoms with van der Waals surface area (Å²) in [5, 5.41) is 3.61. The third-order valence-electron chi connectivity index (χ3n) is 7.24. The molecule has 1 aromatic heterocycles. The van der Waals surface area contributed by atoms with Gasteiger partial charge in [0.25, 0.3) is 5.91 Å². The van der Waals surface area contributed by atoms with Gasteiger partial charge in [-0.25, -0.2) is 4.79 Å². The second kappa shape index (κ2) is 11.4. The lowest BCUT2D eigenvalue weighted by molar-refractivity contribution is 0.0818. The molecule has 0 aliphatic carbocycles. The van der Waals surface area contributed by atoms with Gasteiger partial charge in [-0.05, 0) is 73.9 Å². The summed E-state index contributed by atoms with van der Waals surface area (Å²) in [4.78, 5) is 36.7. The van der Waals surface area contributed by atoms with Crippen molar-refractivity contribution in [3.63, 3.8) is 0 Å². The molecule has 0 radical (unpaired) electrons. The Kier molecular flexibility index (Phi) is 7.77. The maximum absolute atomic E-state index is 13.2. The van der Waals surface area contributed by atoms with Crippen LogP contribution in [-0.4, -0.2) is 59.4 Å². The maximum Gasteiger partial charge on any atom is 0.326 e. The molecule has 3 aromatic rings. The summed E-state index contributed by atoms with van der Waals surface area (Å²) < 4.78 is 0. The SMILES string of the molecule is Cc1ccnc(C)c1C(=O)N1C=C2CN(CCCN(C(=O)Nc3ccc(Cl)cc3)c3ccccc3)CC2C1. The Morgan fingerprint density at radius 3 is 2.53 bits per heavy atom. The van der Waals surface area contributed by atoms with Gasteiger partial charge in [0.1, 0.15) is 0 Å². The summed E-state index contributed by atoms with van der Waals surface area (Å²) in [6.07, 6.45) is 4.62. The highest BCUT2D eigenvalue weighted by molar-refractivity contribution is 6.30. The molecule has 1 atom stereocenters. The smallest absolute Gasteiger partial charge is 0.314 e. The highest BCUT2D eigenvalue weighted by Crippen LogP contribution is 2.31. The average Bonchev–Trinajstić information content (AvgIpc) is 3.47. The molecule has 2 aliphatic heterocycles. The first kappa shape index (κ1) is 25.9. The lowest BCUT2D eigenvalue weighted by atomic mass is 10.1. The second-order valence-corrected chi connectivity index (χ2v) is 10.4. The quantitative estimate of drug-likeness (QED) is 0.423. The van der Waals surface area contributed by atoms with Gasteiger partial charge < -0.3 is 10.2 Å². The number of pyridine rings is 1. The number of para-hydroxylation sites is 1. The number of aryl methyl sites for hydroxylation is 2. The van der Waals surface area contributed by atoms with Crippen LogP contribution in [0.4, 0.5) is 16.2 Å². The van der Waals surface area contributed by atoms with E-state index in [1.54, 1.807) is 35.4 Å². The van der Waals surface area contributed by atoms with E-state index in [0.717, 1.165) is 43.0 Å². The Morgan fingerprint density at radius 2 is 1.82 bits per heavy atom. The number of anilines is 2. The van der Waals surface area contributed by atoms with Crippen molar-refractivity contribution >= 4 is 34.9 Å². The molecule has 3 heterocycles. The van der Waals surface area contributed by atoms with Crippen LogP contribution in [0.5, 0.6) is 0 Å². The number of nitrogens with one attached hydrogen (secondary N) is 1. The molecule has 7 nitrogen and oxygen atoms in total. The number of hydrogen-bond acceptors (Lipinski definition) is 4. The normalized spacial score (nSPS) is 16.8. The van der Waals surface area contributed by atoms with Crippen LogP contribution in [0, 0.1) is 19.8 Å². The highest BCUT2D eigenvalue weighted by Gasteiger charge is 2.36. The molecule has 1 N–H and O–H groups in total. The number of urea groups is 1. The molecular formula is C30H32ClN5O2. The van der Waals surface area contributed by atoms with E-state index in [1.807, 2.05) is 61.3 Å². The zero-order chi connectivity index (χ0) is 26.6. The molecular weight excluding hydrogens is 498 g/mol. The van der Waals surface area contributed by atoms with Crippen LogP contribution in [0.1, 0.15) is 28.0 Å². The molecule has 0 spiro atoms. The zero-order valence-electron chi connectivity index (χ0n) is 21.7. The van der Waals surface area contributed by atoms with Gasteiger partial charge in [0.05, 0.1) is 11.3 Å². The van der Waals surface area contributed by atoms with Crippen molar-refractivity contribution in [1.82, 2.24) is 14.8 Å². The molecule has 0 saturated carbocycles. The number of nitrogens with zero attached hydrogens (tertiary/aromatic N) is 4. The fourth-order valence-electron chi connectivity index (χ4n) is 5.30. The van der Waals surface area contributed by atoms with Gasteiger partial charge in [-0.2, -0.15) is 0 Å². The molecule has 5 rings (SSSR count). The fourth-order valence-corrected chi connectivity index (χ4v) is 5.42. The van der Waals surface area contributed by atoms with Crippen molar-refractivity contribution in [3.8, 4) is 0 Å². The van der Waals surface area contributed by atoms with E-state index < -0.39 is 0 Å². The topological polar surface area (TPSA) is 68.8 Å². The molecule has 1 unspecified atom stereocenters. The number of hydrogen-bond donors (Lipinski definition) is 1. The van der Waals surface area contributed by atoms with Crippen molar-refractivity contribution in [2.24, 2.45) is 5.92 Å². The highest BCUT2D eigenvalue weighted by atomic mass is 35.5.